The Hall–Kier alpha value is -3.32. The van der Waals surface area contributed by atoms with Gasteiger partial charge in [-0.1, -0.05) is 30.3 Å². The first kappa shape index (κ1) is 23.3. The molecule has 3 rings (SSSR count). The lowest BCUT2D eigenvalue weighted by atomic mass is 10.1. The zero-order valence-electron chi connectivity index (χ0n) is 17.9. The smallest absolute Gasteiger partial charge is 0.319 e. The molecule has 0 aromatic heterocycles. The van der Waals surface area contributed by atoms with E-state index in [1.54, 1.807) is 48.0 Å². The van der Waals surface area contributed by atoms with E-state index in [0.29, 0.717) is 12.2 Å². The van der Waals surface area contributed by atoms with Gasteiger partial charge in [-0.15, -0.1) is 11.8 Å². The summed E-state index contributed by atoms with van der Waals surface area (Å²) in [7, 11) is 1.76. The van der Waals surface area contributed by atoms with Crippen LogP contribution in [0.3, 0.4) is 0 Å². The fraction of sp³-hybridized carbons (Fsp3) is 0.200. The van der Waals surface area contributed by atoms with Crippen molar-refractivity contribution < 1.29 is 14.0 Å². The van der Waals surface area contributed by atoms with Crippen molar-refractivity contribution >= 4 is 35.1 Å². The van der Waals surface area contributed by atoms with Crippen LogP contribution in [0.5, 0.6) is 0 Å². The number of carbonyl (C=O) groups is 2. The van der Waals surface area contributed by atoms with Gasteiger partial charge in [-0.3, -0.25) is 4.79 Å². The first-order valence-corrected chi connectivity index (χ1v) is 11.3. The Balaban J connectivity index is 1.36. The molecule has 7 heteroatoms. The Morgan fingerprint density at radius 2 is 1.62 bits per heavy atom. The SMILES string of the molecule is CN(C(=O)Cc1ccc(NC(=O)NCCCSc2ccc(F)cc2)cc1)c1ccccc1. The third kappa shape index (κ3) is 7.42. The molecule has 0 heterocycles. The van der Waals surface area contributed by atoms with Crippen LogP contribution in [-0.4, -0.2) is 31.3 Å². The largest absolute Gasteiger partial charge is 0.338 e. The maximum atomic E-state index is 12.9. The minimum absolute atomic E-state index is 0.00633. The van der Waals surface area contributed by atoms with Crippen LogP contribution in [0.1, 0.15) is 12.0 Å². The number of nitrogens with zero attached hydrogens (tertiary/aromatic N) is 1. The summed E-state index contributed by atoms with van der Waals surface area (Å²) >= 11 is 1.62. The summed E-state index contributed by atoms with van der Waals surface area (Å²) in [4.78, 5) is 27.2. The van der Waals surface area contributed by atoms with E-state index in [-0.39, 0.29) is 24.2 Å². The van der Waals surface area contributed by atoms with E-state index in [0.717, 1.165) is 28.3 Å². The highest BCUT2D eigenvalue weighted by Crippen LogP contribution is 2.18. The molecule has 0 atom stereocenters. The second-order valence-electron chi connectivity index (χ2n) is 7.20. The number of hydrogen-bond acceptors (Lipinski definition) is 3. The van der Waals surface area contributed by atoms with Gasteiger partial charge in [-0.2, -0.15) is 0 Å². The number of hydrogen-bond donors (Lipinski definition) is 2. The van der Waals surface area contributed by atoms with Crippen molar-refractivity contribution in [3.63, 3.8) is 0 Å². The summed E-state index contributed by atoms with van der Waals surface area (Å²) in [6, 6.07) is 22.9. The summed E-state index contributed by atoms with van der Waals surface area (Å²) in [5, 5.41) is 5.61. The standard InChI is InChI=1S/C25H26FN3O2S/c1-29(22-6-3-2-4-7-22)24(30)18-19-8-12-21(13-9-19)28-25(31)27-16-5-17-32-23-14-10-20(26)11-15-23/h2-4,6-15H,5,16-18H2,1H3,(H2,27,28,31). The molecule has 0 radical (unpaired) electrons. The highest BCUT2D eigenvalue weighted by Gasteiger charge is 2.11. The molecule has 2 N–H and O–H groups in total. The molecule has 3 amide bonds. The Kier molecular flexibility index (Phi) is 8.69. The van der Waals surface area contributed by atoms with Crippen LogP contribution in [0.4, 0.5) is 20.6 Å². The molecule has 0 unspecified atom stereocenters. The molecule has 32 heavy (non-hydrogen) atoms. The van der Waals surface area contributed by atoms with Crippen LogP contribution in [-0.2, 0) is 11.2 Å². The van der Waals surface area contributed by atoms with Gasteiger partial charge in [-0.25, -0.2) is 9.18 Å². The number of anilines is 2. The average Bonchev–Trinajstić information content (AvgIpc) is 2.81. The molecule has 0 bridgehead atoms. The summed E-state index contributed by atoms with van der Waals surface area (Å²) in [5.74, 6) is 0.575. The lowest BCUT2D eigenvalue weighted by Gasteiger charge is -2.17. The molecule has 5 nitrogen and oxygen atoms in total. The number of para-hydroxylation sites is 1. The Morgan fingerprint density at radius 1 is 0.938 bits per heavy atom. The van der Waals surface area contributed by atoms with Gasteiger partial charge in [0, 0.05) is 29.9 Å². The van der Waals surface area contributed by atoms with Crippen molar-refractivity contribution in [1.29, 1.82) is 0 Å². The Bertz CT molecular complexity index is 1010. The van der Waals surface area contributed by atoms with E-state index in [9.17, 15) is 14.0 Å². The summed E-state index contributed by atoms with van der Waals surface area (Å²) in [5.41, 5.74) is 2.39. The summed E-state index contributed by atoms with van der Waals surface area (Å²) < 4.78 is 12.9. The van der Waals surface area contributed by atoms with Gasteiger partial charge >= 0.3 is 6.03 Å². The van der Waals surface area contributed by atoms with E-state index in [1.807, 2.05) is 42.5 Å². The predicted octanol–water partition coefficient (Wildman–Crippen LogP) is 5.34. The monoisotopic (exact) mass is 451 g/mol. The molecule has 0 aliphatic rings. The van der Waals surface area contributed by atoms with Crippen molar-refractivity contribution in [2.75, 3.05) is 29.6 Å². The van der Waals surface area contributed by atoms with E-state index >= 15 is 0 Å². The molecule has 0 saturated heterocycles. The first-order chi connectivity index (χ1) is 15.5. The summed E-state index contributed by atoms with van der Waals surface area (Å²) in [6.07, 6.45) is 1.08. The minimum Gasteiger partial charge on any atom is -0.338 e. The van der Waals surface area contributed by atoms with Crippen molar-refractivity contribution in [1.82, 2.24) is 5.32 Å². The van der Waals surface area contributed by atoms with Gasteiger partial charge in [0.05, 0.1) is 6.42 Å². The molecule has 0 spiro atoms. The van der Waals surface area contributed by atoms with E-state index in [4.69, 9.17) is 0 Å². The molecule has 0 saturated carbocycles. The quantitative estimate of drug-likeness (QED) is 0.341. The highest BCUT2D eigenvalue weighted by atomic mass is 32.2. The van der Waals surface area contributed by atoms with Crippen LogP contribution in [0.15, 0.2) is 83.8 Å². The first-order valence-electron chi connectivity index (χ1n) is 10.3. The highest BCUT2D eigenvalue weighted by molar-refractivity contribution is 7.99. The maximum absolute atomic E-state index is 12.9. The van der Waals surface area contributed by atoms with Crippen molar-refractivity contribution in [3.05, 3.63) is 90.2 Å². The summed E-state index contributed by atoms with van der Waals surface area (Å²) in [6.45, 7) is 0.540. The number of halogens is 1. The lowest BCUT2D eigenvalue weighted by molar-refractivity contribution is -0.117. The number of nitrogens with one attached hydrogen (secondary N) is 2. The number of likely N-dealkylation sites (N-methyl/N-ethyl adjacent to an activating group) is 1. The van der Waals surface area contributed by atoms with Gasteiger partial charge in [0.25, 0.3) is 0 Å². The van der Waals surface area contributed by atoms with Gasteiger partial charge < -0.3 is 15.5 Å². The number of urea groups is 1. The van der Waals surface area contributed by atoms with Gasteiger partial charge in [-0.05, 0) is 66.3 Å². The third-order valence-electron chi connectivity index (χ3n) is 4.77. The van der Waals surface area contributed by atoms with E-state index in [1.165, 1.54) is 12.1 Å². The van der Waals surface area contributed by atoms with Crippen LogP contribution in [0.25, 0.3) is 0 Å². The fourth-order valence-corrected chi connectivity index (χ4v) is 3.82. The topological polar surface area (TPSA) is 61.4 Å². The molecule has 166 valence electrons. The average molecular weight is 452 g/mol. The minimum atomic E-state index is -0.274. The number of amides is 3. The molecular weight excluding hydrogens is 425 g/mol. The molecule has 0 aliphatic heterocycles. The Morgan fingerprint density at radius 3 is 2.31 bits per heavy atom. The van der Waals surface area contributed by atoms with Crippen molar-refractivity contribution in [3.8, 4) is 0 Å². The van der Waals surface area contributed by atoms with Crippen LogP contribution < -0.4 is 15.5 Å². The maximum Gasteiger partial charge on any atom is 0.319 e. The van der Waals surface area contributed by atoms with Gasteiger partial charge in [0.15, 0.2) is 0 Å². The second kappa shape index (κ2) is 11.9. The van der Waals surface area contributed by atoms with Crippen LogP contribution in [0.2, 0.25) is 0 Å². The predicted molar refractivity (Wildman–Crippen MR) is 129 cm³/mol. The van der Waals surface area contributed by atoms with Gasteiger partial charge in [0.2, 0.25) is 5.91 Å². The van der Waals surface area contributed by atoms with E-state index in [2.05, 4.69) is 10.6 Å². The third-order valence-corrected chi connectivity index (χ3v) is 5.87. The normalized spacial score (nSPS) is 10.4. The lowest BCUT2D eigenvalue weighted by Crippen LogP contribution is -2.29. The fourth-order valence-electron chi connectivity index (χ4n) is 2.96. The van der Waals surface area contributed by atoms with Crippen LogP contribution >= 0.6 is 11.8 Å². The van der Waals surface area contributed by atoms with Gasteiger partial charge in [0.1, 0.15) is 5.82 Å². The zero-order valence-corrected chi connectivity index (χ0v) is 18.7. The molecule has 0 aliphatic carbocycles. The van der Waals surface area contributed by atoms with E-state index < -0.39 is 0 Å². The zero-order chi connectivity index (χ0) is 22.8. The Labute approximate surface area is 192 Å². The van der Waals surface area contributed by atoms with Crippen molar-refractivity contribution in [2.24, 2.45) is 0 Å². The number of benzene rings is 3. The molecular formula is C25H26FN3O2S. The number of thioether (sulfide) groups is 1. The number of carbonyl (C=O) groups excluding carboxylic acids is 2. The van der Waals surface area contributed by atoms with Crippen molar-refractivity contribution in [2.45, 2.75) is 17.7 Å². The second-order valence-corrected chi connectivity index (χ2v) is 8.37. The number of rotatable bonds is 9. The molecule has 0 fully saturated rings. The molecule has 3 aromatic carbocycles. The van der Waals surface area contributed by atoms with Crippen LogP contribution in [0, 0.1) is 5.82 Å². The molecule has 3 aromatic rings.